The summed E-state index contributed by atoms with van der Waals surface area (Å²) in [5, 5.41) is 3.47. The molecule has 0 saturated carbocycles. The number of aromatic nitrogens is 2. The number of piperazine rings is 1. The second kappa shape index (κ2) is 7.28. The molecule has 3 heterocycles. The van der Waals surface area contributed by atoms with Crippen molar-refractivity contribution in [2.24, 2.45) is 13.0 Å². The maximum Gasteiger partial charge on any atom is 0.262 e. The van der Waals surface area contributed by atoms with Crippen LogP contribution in [0.5, 0.6) is 0 Å². The van der Waals surface area contributed by atoms with Crippen LogP contribution in [0.25, 0.3) is 0 Å². The fourth-order valence-corrected chi connectivity index (χ4v) is 5.22. The van der Waals surface area contributed by atoms with Gasteiger partial charge in [-0.25, -0.2) is 13.4 Å². The van der Waals surface area contributed by atoms with E-state index < -0.39 is 10.0 Å². The second-order valence-corrected chi connectivity index (χ2v) is 9.32. The van der Waals surface area contributed by atoms with E-state index in [2.05, 4.69) is 24.1 Å². The van der Waals surface area contributed by atoms with Gasteiger partial charge in [0.15, 0.2) is 5.03 Å². The van der Waals surface area contributed by atoms with Crippen LogP contribution in [0.4, 0.5) is 0 Å². The monoisotopic (exact) mass is 383 g/mol. The second-order valence-electron chi connectivity index (χ2n) is 7.43. The highest BCUT2D eigenvalue weighted by Crippen LogP contribution is 2.26. The molecule has 2 atom stereocenters. The summed E-state index contributed by atoms with van der Waals surface area (Å²) in [6.45, 7) is 8.19. The van der Waals surface area contributed by atoms with Crippen LogP contribution < -0.4 is 5.32 Å². The molecule has 9 heteroatoms. The quantitative estimate of drug-likeness (QED) is 0.813. The van der Waals surface area contributed by atoms with E-state index in [1.807, 2.05) is 4.90 Å². The molecule has 0 aromatic carbocycles. The molecule has 1 aromatic heterocycles. The van der Waals surface area contributed by atoms with Crippen molar-refractivity contribution in [2.45, 2.75) is 50.7 Å². The molecule has 0 spiro atoms. The molecule has 2 aliphatic rings. The summed E-state index contributed by atoms with van der Waals surface area (Å²) in [6.07, 6.45) is 2.68. The number of hydrogen-bond donors (Lipinski definition) is 1. The SMILES string of the molecule is Cc1nc(S(=O)(=O)N2CCC(C(=O)N3CCNC(C)C3C)CC2)cn1C. The summed E-state index contributed by atoms with van der Waals surface area (Å²) in [6, 6.07) is 0.440. The Kier molecular flexibility index (Phi) is 5.41. The highest BCUT2D eigenvalue weighted by atomic mass is 32.2. The Balaban J connectivity index is 1.64. The number of nitrogens with one attached hydrogen (secondary N) is 1. The normalized spacial score (nSPS) is 26.2. The summed E-state index contributed by atoms with van der Waals surface area (Å²) in [5.41, 5.74) is 0. The van der Waals surface area contributed by atoms with Crippen LogP contribution in [0.1, 0.15) is 32.5 Å². The standard InChI is InChI=1S/C17H29N5O3S/c1-12-13(2)22(10-7-18-12)17(23)15-5-8-21(9-6-15)26(24,25)16-11-20(4)14(3)19-16/h11-13,15,18H,5-10H2,1-4H3. The van der Waals surface area contributed by atoms with Gasteiger partial charge in [-0.2, -0.15) is 4.31 Å². The van der Waals surface area contributed by atoms with E-state index in [1.54, 1.807) is 24.7 Å². The fraction of sp³-hybridized carbons (Fsp3) is 0.765. The van der Waals surface area contributed by atoms with E-state index in [0.717, 1.165) is 13.1 Å². The Bertz CT molecular complexity index is 748. The number of hydrogen-bond acceptors (Lipinski definition) is 5. The Morgan fingerprint density at radius 2 is 1.88 bits per heavy atom. The molecule has 1 amide bonds. The molecule has 2 unspecified atom stereocenters. The average molecular weight is 384 g/mol. The van der Waals surface area contributed by atoms with E-state index in [9.17, 15) is 13.2 Å². The Morgan fingerprint density at radius 3 is 2.46 bits per heavy atom. The van der Waals surface area contributed by atoms with Crippen LogP contribution in [0, 0.1) is 12.8 Å². The van der Waals surface area contributed by atoms with E-state index in [1.165, 1.54) is 4.31 Å². The van der Waals surface area contributed by atoms with Crippen molar-refractivity contribution in [3.05, 3.63) is 12.0 Å². The molecule has 0 bridgehead atoms. The summed E-state index contributed by atoms with van der Waals surface area (Å²) in [4.78, 5) is 19.0. The van der Waals surface area contributed by atoms with Crippen molar-refractivity contribution in [3.63, 3.8) is 0 Å². The zero-order valence-corrected chi connectivity index (χ0v) is 16.8. The number of carbonyl (C=O) groups is 1. The first-order valence-corrected chi connectivity index (χ1v) is 10.7. The van der Waals surface area contributed by atoms with Crippen molar-refractivity contribution < 1.29 is 13.2 Å². The zero-order chi connectivity index (χ0) is 19.1. The lowest BCUT2D eigenvalue weighted by molar-refractivity contribution is -0.140. The summed E-state index contributed by atoms with van der Waals surface area (Å²) in [5.74, 6) is 0.728. The molecule has 146 valence electrons. The average Bonchev–Trinajstić information content (AvgIpc) is 2.97. The van der Waals surface area contributed by atoms with Gasteiger partial charge in [-0.3, -0.25) is 4.79 Å². The van der Waals surface area contributed by atoms with Crippen molar-refractivity contribution >= 4 is 15.9 Å². The number of imidazole rings is 1. The molecular formula is C17H29N5O3S. The van der Waals surface area contributed by atoms with Crippen molar-refractivity contribution in [2.75, 3.05) is 26.2 Å². The number of sulfonamides is 1. The minimum absolute atomic E-state index is 0.0897. The van der Waals surface area contributed by atoms with Gasteiger partial charge in [0.25, 0.3) is 10.0 Å². The van der Waals surface area contributed by atoms with Gasteiger partial charge in [-0.05, 0) is 33.6 Å². The van der Waals surface area contributed by atoms with Crippen LogP contribution in [-0.4, -0.2) is 71.3 Å². The lowest BCUT2D eigenvalue weighted by Gasteiger charge is -2.41. The Labute approximate surface area is 155 Å². The molecule has 26 heavy (non-hydrogen) atoms. The van der Waals surface area contributed by atoms with E-state index in [4.69, 9.17) is 0 Å². The number of aryl methyl sites for hydroxylation is 2. The van der Waals surface area contributed by atoms with E-state index >= 15 is 0 Å². The van der Waals surface area contributed by atoms with Gasteiger partial charge < -0.3 is 14.8 Å². The van der Waals surface area contributed by atoms with Gasteiger partial charge >= 0.3 is 0 Å². The fourth-order valence-electron chi connectivity index (χ4n) is 3.73. The third-order valence-electron chi connectivity index (χ3n) is 5.81. The summed E-state index contributed by atoms with van der Waals surface area (Å²) < 4.78 is 28.7. The summed E-state index contributed by atoms with van der Waals surface area (Å²) >= 11 is 0. The molecule has 1 aromatic rings. The van der Waals surface area contributed by atoms with Crippen molar-refractivity contribution in [1.82, 2.24) is 24.1 Å². The van der Waals surface area contributed by atoms with Crippen LogP contribution in [0.3, 0.4) is 0 Å². The molecular weight excluding hydrogens is 354 g/mol. The molecule has 0 radical (unpaired) electrons. The van der Waals surface area contributed by atoms with Crippen LogP contribution >= 0.6 is 0 Å². The smallest absolute Gasteiger partial charge is 0.262 e. The third-order valence-corrected chi connectivity index (χ3v) is 7.58. The third kappa shape index (κ3) is 3.52. The maximum atomic E-state index is 12.9. The first-order chi connectivity index (χ1) is 12.2. The summed E-state index contributed by atoms with van der Waals surface area (Å²) in [7, 11) is -1.81. The Morgan fingerprint density at radius 1 is 1.23 bits per heavy atom. The highest BCUT2D eigenvalue weighted by Gasteiger charge is 2.37. The number of nitrogens with zero attached hydrogens (tertiary/aromatic N) is 4. The van der Waals surface area contributed by atoms with Crippen molar-refractivity contribution in [3.8, 4) is 0 Å². The van der Waals surface area contributed by atoms with E-state index in [-0.39, 0.29) is 28.9 Å². The molecule has 3 rings (SSSR count). The Hall–Kier alpha value is -1.45. The minimum Gasteiger partial charge on any atom is -0.337 e. The maximum absolute atomic E-state index is 12.9. The van der Waals surface area contributed by atoms with E-state index in [0.29, 0.717) is 31.8 Å². The lowest BCUT2D eigenvalue weighted by Crippen LogP contribution is -2.59. The first-order valence-electron chi connectivity index (χ1n) is 9.25. The molecule has 1 N–H and O–H groups in total. The number of carbonyl (C=O) groups excluding carboxylic acids is 1. The zero-order valence-electron chi connectivity index (χ0n) is 16.0. The number of rotatable bonds is 3. The number of amides is 1. The van der Waals surface area contributed by atoms with Gasteiger partial charge in [0.1, 0.15) is 5.82 Å². The predicted octanol–water partition coefficient (Wildman–Crippen LogP) is 0.338. The molecule has 8 nitrogen and oxygen atoms in total. The minimum atomic E-state index is -3.59. The highest BCUT2D eigenvalue weighted by molar-refractivity contribution is 7.89. The molecule has 0 aliphatic carbocycles. The van der Waals surface area contributed by atoms with Gasteiger partial charge in [0.2, 0.25) is 5.91 Å². The number of piperidine rings is 1. The largest absolute Gasteiger partial charge is 0.337 e. The van der Waals surface area contributed by atoms with Crippen LogP contribution in [0.2, 0.25) is 0 Å². The van der Waals surface area contributed by atoms with Gasteiger partial charge in [0, 0.05) is 57.4 Å². The first kappa shape index (κ1) is 19.3. The van der Waals surface area contributed by atoms with Crippen LogP contribution in [0.15, 0.2) is 11.2 Å². The van der Waals surface area contributed by atoms with Crippen LogP contribution in [-0.2, 0) is 21.9 Å². The topological polar surface area (TPSA) is 87.5 Å². The molecule has 2 saturated heterocycles. The molecule has 2 fully saturated rings. The lowest BCUT2D eigenvalue weighted by atomic mass is 9.94. The van der Waals surface area contributed by atoms with Gasteiger partial charge in [0.05, 0.1) is 0 Å². The predicted molar refractivity (Wildman–Crippen MR) is 98.1 cm³/mol. The molecule has 2 aliphatic heterocycles. The van der Waals surface area contributed by atoms with Gasteiger partial charge in [-0.1, -0.05) is 0 Å². The van der Waals surface area contributed by atoms with Gasteiger partial charge in [-0.15, -0.1) is 0 Å². The van der Waals surface area contributed by atoms with Crippen molar-refractivity contribution in [1.29, 1.82) is 0 Å².